The number of alkyl halides is 3. The SMILES string of the molecule is CC(=O)N(C(=O)N1NCC(c2ccc(Cl)cc2)C1c1ccc(Cl)cc1)c1ccc(C(F)(F)F)cc1. The highest BCUT2D eigenvalue weighted by molar-refractivity contribution is 6.30. The van der Waals surface area contributed by atoms with Crippen LogP contribution in [0.15, 0.2) is 72.8 Å². The van der Waals surface area contributed by atoms with Crippen LogP contribution in [-0.4, -0.2) is 23.5 Å². The molecule has 3 amide bonds. The number of amides is 3. The van der Waals surface area contributed by atoms with Gasteiger partial charge in [0.2, 0.25) is 5.91 Å². The van der Waals surface area contributed by atoms with Gasteiger partial charge in [0.25, 0.3) is 0 Å². The van der Waals surface area contributed by atoms with Crippen molar-refractivity contribution in [2.45, 2.75) is 25.1 Å². The number of carbonyl (C=O) groups excluding carboxylic acids is 2. The molecule has 5 nitrogen and oxygen atoms in total. The lowest BCUT2D eigenvalue weighted by molar-refractivity contribution is -0.137. The zero-order valence-corrected chi connectivity index (χ0v) is 19.9. The molecule has 3 aromatic rings. The van der Waals surface area contributed by atoms with Gasteiger partial charge in [-0.2, -0.15) is 13.2 Å². The molecule has 1 aliphatic rings. The fourth-order valence-electron chi connectivity index (χ4n) is 4.16. The number of rotatable bonds is 3. The van der Waals surface area contributed by atoms with Gasteiger partial charge in [0.05, 0.1) is 17.3 Å². The number of anilines is 1. The Morgan fingerprint density at radius 3 is 1.89 bits per heavy atom. The molecule has 0 aromatic heterocycles. The van der Waals surface area contributed by atoms with E-state index in [1.807, 2.05) is 12.1 Å². The fourth-order valence-corrected chi connectivity index (χ4v) is 4.41. The van der Waals surface area contributed by atoms with Gasteiger partial charge in [0.15, 0.2) is 0 Å². The third-order valence-corrected chi connectivity index (χ3v) is 6.32. The first kappa shape index (κ1) is 25.0. The highest BCUT2D eigenvalue weighted by Crippen LogP contribution is 2.40. The molecule has 1 N–H and O–H groups in total. The number of nitrogens with one attached hydrogen (secondary N) is 1. The highest BCUT2D eigenvalue weighted by Gasteiger charge is 2.42. The second-order valence-electron chi connectivity index (χ2n) is 8.07. The number of nitrogens with zero attached hydrogens (tertiary/aromatic N) is 2. The van der Waals surface area contributed by atoms with Gasteiger partial charge < -0.3 is 0 Å². The molecule has 0 radical (unpaired) electrons. The second kappa shape index (κ2) is 9.89. The second-order valence-corrected chi connectivity index (χ2v) is 8.94. The average Bonchev–Trinajstić information content (AvgIpc) is 3.25. The van der Waals surface area contributed by atoms with Gasteiger partial charge in [0, 0.05) is 29.4 Å². The van der Waals surface area contributed by atoms with Gasteiger partial charge in [-0.1, -0.05) is 47.5 Å². The number of hydrogen-bond donors (Lipinski definition) is 1. The third-order valence-electron chi connectivity index (χ3n) is 5.82. The van der Waals surface area contributed by atoms with E-state index in [1.54, 1.807) is 36.4 Å². The Bertz CT molecular complexity index is 1220. The van der Waals surface area contributed by atoms with E-state index in [-0.39, 0.29) is 11.6 Å². The molecule has 0 bridgehead atoms. The largest absolute Gasteiger partial charge is 0.416 e. The van der Waals surface area contributed by atoms with Crippen LogP contribution in [0.25, 0.3) is 0 Å². The molecule has 2 unspecified atom stereocenters. The number of halogens is 5. The smallest absolute Gasteiger partial charge is 0.274 e. The molecule has 1 heterocycles. The normalized spacial score (nSPS) is 17.9. The van der Waals surface area contributed by atoms with Crippen molar-refractivity contribution in [3.05, 3.63) is 99.5 Å². The summed E-state index contributed by atoms with van der Waals surface area (Å²) in [6.07, 6.45) is -4.54. The lowest BCUT2D eigenvalue weighted by Gasteiger charge is -2.32. The van der Waals surface area contributed by atoms with Gasteiger partial charge >= 0.3 is 12.2 Å². The molecule has 0 saturated carbocycles. The van der Waals surface area contributed by atoms with Gasteiger partial charge in [-0.05, 0) is 59.7 Å². The van der Waals surface area contributed by atoms with Crippen molar-refractivity contribution in [1.82, 2.24) is 10.4 Å². The quantitative estimate of drug-likeness (QED) is 0.410. The molecular weight excluding hydrogens is 502 g/mol. The van der Waals surface area contributed by atoms with E-state index < -0.39 is 29.7 Å². The van der Waals surface area contributed by atoms with Crippen molar-refractivity contribution in [3.63, 3.8) is 0 Å². The van der Waals surface area contributed by atoms with Crippen molar-refractivity contribution >= 4 is 40.8 Å². The Kier molecular flexibility index (Phi) is 7.07. The minimum absolute atomic E-state index is 0.0297. The summed E-state index contributed by atoms with van der Waals surface area (Å²) >= 11 is 12.1. The molecule has 10 heteroatoms. The number of urea groups is 1. The Labute approximate surface area is 210 Å². The number of imide groups is 1. The van der Waals surface area contributed by atoms with Crippen molar-refractivity contribution in [2.75, 3.05) is 11.4 Å². The van der Waals surface area contributed by atoms with E-state index >= 15 is 0 Å². The summed E-state index contributed by atoms with van der Waals surface area (Å²) in [6.45, 7) is 1.55. The fraction of sp³-hybridized carbons (Fsp3) is 0.200. The summed E-state index contributed by atoms with van der Waals surface area (Å²) in [5.41, 5.74) is 3.91. The molecule has 1 aliphatic heterocycles. The lowest BCUT2D eigenvalue weighted by atomic mass is 9.88. The number of hydrazine groups is 1. The van der Waals surface area contributed by atoms with Gasteiger partial charge in [-0.15, -0.1) is 0 Å². The van der Waals surface area contributed by atoms with Crippen LogP contribution < -0.4 is 10.3 Å². The first-order valence-corrected chi connectivity index (χ1v) is 11.4. The molecule has 0 aliphatic carbocycles. The molecule has 3 aromatic carbocycles. The molecule has 35 heavy (non-hydrogen) atoms. The van der Waals surface area contributed by atoms with Crippen LogP contribution in [0.4, 0.5) is 23.7 Å². The summed E-state index contributed by atoms with van der Waals surface area (Å²) in [5, 5.41) is 2.43. The van der Waals surface area contributed by atoms with E-state index in [0.717, 1.165) is 40.3 Å². The van der Waals surface area contributed by atoms with Crippen molar-refractivity contribution < 1.29 is 22.8 Å². The minimum atomic E-state index is -4.54. The minimum Gasteiger partial charge on any atom is -0.274 e. The maximum absolute atomic E-state index is 13.7. The Balaban J connectivity index is 1.72. The van der Waals surface area contributed by atoms with Gasteiger partial charge in [-0.3, -0.25) is 9.80 Å². The average molecular weight is 522 g/mol. The van der Waals surface area contributed by atoms with Crippen LogP contribution in [0, 0.1) is 0 Å². The first-order valence-electron chi connectivity index (χ1n) is 10.6. The van der Waals surface area contributed by atoms with Crippen LogP contribution in [0.5, 0.6) is 0 Å². The first-order chi connectivity index (χ1) is 16.6. The monoisotopic (exact) mass is 521 g/mol. The van der Waals surface area contributed by atoms with Crippen LogP contribution in [0.3, 0.4) is 0 Å². The van der Waals surface area contributed by atoms with E-state index in [1.165, 1.54) is 11.9 Å². The molecular formula is C25H20Cl2F3N3O2. The van der Waals surface area contributed by atoms with E-state index in [2.05, 4.69) is 5.43 Å². The summed E-state index contributed by atoms with van der Waals surface area (Å²) in [7, 11) is 0. The van der Waals surface area contributed by atoms with Crippen LogP contribution in [0.2, 0.25) is 10.0 Å². The third kappa shape index (κ3) is 5.29. The zero-order valence-electron chi connectivity index (χ0n) is 18.4. The summed E-state index contributed by atoms with van der Waals surface area (Å²) < 4.78 is 39.0. The van der Waals surface area contributed by atoms with E-state index in [9.17, 15) is 22.8 Å². The van der Waals surface area contributed by atoms with Crippen molar-refractivity contribution in [1.29, 1.82) is 0 Å². The van der Waals surface area contributed by atoms with Gasteiger partial charge in [-0.25, -0.2) is 15.1 Å². The number of hydrogen-bond acceptors (Lipinski definition) is 3. The topological polar surface area (TPSA) is 52.7 Å². The molecule has 2 atom stereocenters. The predicted octanol–water partition coefficient (Wildman–Crippen LogP) is 6.83. The Hall–Kier alpha value is -3.07. The summed E-state index contributed by atoms with van der Waals surface area (Å²) in [6, 6.07) is 16.9. The molecule has 182 valence electrons. The highest BCUT2D eigenvalue weighted by atomic mass is 35.5. The van der Waals surface area contributed by atoms with Gasteiger partial charge in [0.1, 0.15) is 0 Å². The number of carbonyl (C=O) groups is 2. The van der Waals surface area contributed by atoms with Crippen LogP contribution >= 0.6 is 23.2 Å². The summed E-state index contributed by atoms with van der Waals surface area (Å²) in [4.78, 5) is 27.0. The maximum atomic E-state index is 13.7. The zero-order chi connectivity index (χ0) is 25.3. The van der Waals surface area contributed by atoms with Crippen molar-refractivity contribution in [2.24, 2.45) is 0 Å². The molecule has 4 rings (SSSR count). The van der Waals surface area contributed by atoms with Crippen LogP contribution in [-0.2, 0) is 11.0 Å². The summed E-state index contributed by atoms with van der Waals surface area (Å²) in [5.74, 6) is -0.833. The molecule has 1 saturated heterocycles. The molecule has 0 spiro atoms. The van der Waals surface area contributed by atoms with E-state index in [0.29, 0.717) is 16.6 Å². The molecule has 1 fully saturated rings. The predicted molar refractivity (Wildman–Crippen MR) is 128 cm³/mol. The standard InChI is InChI=1S/C25H20Cl2F3N3O2/c1-15(34)32(21-12-6-18(7-13-21)25(28,29)30)24(35)33-23(17-4-10-20(27)11-5-17)22(14-31-33)16-2-8-19(26)9-3-16/h2-13,22-23,31H,14H2,1H3. The van der Waals surface area contributed by atoms with Crippen molar-refractivity contribution in [3.8, 4) is 0 Å². The number of benzene rings is 3. The van der Waals surface area contributed by atoms with E-state index in [4.69, 9.17) is 23.2 Å². The maximum Gasteiger partial charge on any atom is 0.416 e. The lowest BCUT2D eigenvalue weighted by Crippen LogP contribution is -2.49. The van der Waals surface area contributed by atoms with Crippen LogP contribution in [0.1, 0.15) is 35.6 Å². The Morgan fingerprint density at radius 2 is 1.40 bits per heavy atom. The Morgan fingerprint density at radius 1 is 0.886 bits per heavy atom.